The van der Waals surface area contributed by atoms with Crippen LogP contribution in [0.15, 0.2) is 48.5 Å². The number of benzene rings is 2. The Balaban J connectivity index is 1.65. The maximum atomic E-state index is 13.0. The Kier molecular flexibility index (Phi) is 8.06. The average Bonchev–Trinajstić information content (AvgIpc) is 2.77. The highest BCUT2D eigenvalue weighted by Crippen LogP contribution is 2.25. The first-order valence-corrected chi connectivity index (χ1v) is 11.0. The van der Waals surface area contributed by atoms with Gasteiger partial charge in [-0.05, 0) is 56.4 Å². The quantitative estimate of drug-likeness (QED) is 0.661. The molecule has 2 unspecified atom stereocenters. The van der Waals surface area contributed by atoms with Crippen LogP contribution < -0.4 is 15.4 Å². The highest BCUT2D eigenvalue weighted by atomic mass is 16.5. The smallest absolute Gasteiger partial charge is 0.251 e. The Hall–Kier alpha value is -2.86. The van der Waals surface area contributed by atoms with E-state index >= 15 is 0 Å². The van der Waals surface area contributed by atoms with Crippen molar-refractivity contribution in [3.8, 4) is 5.75 Å². The number of carbonyl (C=O) groups is 2. The van der Waals surface area contributed by atoms with E-state index in [0.29, 0.717) is 23.6 Å². The first-order valence-electron chi connectivity index (χ1n) is 11.0. The van der Waals surface area contributed by atoms with Gasteiger partial charge in [0.05, 0.1) is 11.8 Å². The van der Waals surface area contributed by atoms with Crippen LogP contribution in [-0.4, -0.2) is 37.2 Å². The molecule has 1 fully saturated rings. The second kappa shape index (κ2) is 11.0. The Labute approximate surface area is 184 Å². The predicted molar refractivity (Wildman–Crippen MR) is 121 cm³/mol. The third-order valence-corrected chi connectivity index (χ3v) is 5.36. The SMILES string of the molecule is Cc1cccc(C(=O)NC(C(=O)Nc2ccccc2OCC2CCCCO2)C(C)C)c1. The summed E-state index contributed by atoms with van der Waals surface area (Å²) in [5.41, 5.74) is 2.11. The molecule has 6 heteroatoms. The van der Waals surface area contributed by atoms with Gasteiger partial charge >= 0.3 is 0 Å². The van der Waals surface area contributed by atoms with E-state index in [1.807, 2.05) is 51.1 Å². The molecule has 1 aliphatic rings. The standard InChI is InChI=1S/C25H32N2O4/c1-17(2)23(27-24(28)19-10-8-9-18(3)15-19)25(29)26-21-12-4-5-13-22(21)31-16-20-11-6-7-14-30-20/h4-5,8-10,12-13,15,17,20,23H,6-7,11,14,16H2,1-3H3,(H,26,29)(H,27,28). The number of nitrogens with one attached hydrogen (secondary N) is 2. The van der Waals surface area contributed by atoms with Crippen molar-refractivity contribution >= 4 is 17.5 Å². The summed E-state index contributed by atoms with van der Waals surface area (Å²) in [7, 11) is 0. The van der Waals surface area contributed by atoms with Gasteiger partial charge in [0.15, 0.2) is 0 Å². The largest absolute Gasteiger partial charge is 0.489 e. The Bertz CT molecular complexity index is 891. The zero-order valence-electron chi connectivity index (χ0n) is 18.5. The number of carbonyl (C=O) groups excluding carboxylic acids is 2. The van der Waals surface area contributed by atoms with E-state index in [-0.39, 0.29) is 23.8 Å². The molecular formula is C25H32N2O4. The third-order valence-electron chi connectivity index (χ3n) is 5.36. The molecule has 0 aliphatic carbocycles. The van der Waals surface area contributed by atoms with Crippen molar-refractivity contribution < 1.29 is 19.1 Å². The van der Waals surface area contributed by atoms with Crippen molar-refractivity contribution in [1.82, 2.24) is 5.32 Å². The number of hydrogen-bond donors (Lipinski definition) is 2. The molecule has 0 bridgehead atoms. The molecule has 6 nitrogen and oxygen atoms in total. The number of ether oxygens (including phenoxy) is 2. The maximum absolute atomic E-state index is 13.0. The fraction of sp³-hybridized carbons (Fsp3) is 0.440. The van der Waals surface area contributed by atoms with E-state index in [1.165, 1.54) is 0 Å². The highest BCUT2D eigenvalue weighted by molar-refractivity contribution is 6.01. The van der Waals surface area contributed by atoms with Gasteiger partial charge in [0.25, 0.3) is 5.91 Å². The Morgan fingerprint density at radius 1 is 1.13 bits per heavy atom. The predicted octanol–water partition coefficient (Wildman–Crippen LogP) is 4.34. The summed E-state index contributed by atoms with van der Waals surface area (Å²) in [4.78, 5) is 25.7. The summed E-state index contributed by atoms with van der Waals surface area (Å²) in [6.07, 6.45) is 3.29. The van der Waals surface area contributed by atoms with Gasteiger partial charge in [0, 0.05) is 12.2 Å². The first kappa shape index (κ1) is 22.8. The molecule has 1 aliphatic heterocycles. The van der Waals surface area contributed by atoms with E-state index in [4.69, 9.17) is 9.47 Å². The summed E-state index contributed by atoms with van der Waals surface area (Å²) in [5, 5.41) is 5.80. The van der Waals surface area contributed by atoms with E-state index in [2.05, 4.69) is 10.6 Å². The monoisotopic (exact) mass is 424 g/mol. The van der Waals surface area contributed by atoms with Crippen molar-refractivity contribution in [3.05, 3.63) is 59.7 Å². The zero-order chi connectivity index (χ0) is 22.2. The van der Waals surface area contributed by atoms with Crippen molar-refractivity contribution in [2.24, 2.45) is 5.92 Å². The maximum Gasteiger partial charge on any atom is 0.251 e. The molecule has 166 valence electrons. The molecule has 1 saturated heterocycles. The number of para-hydroxylation sites is 2. The molecular weight excluding hydrogens is 392 g/mol. The number of aryl methyl sites for hydroxylation is 1. The molecule has 1 heterocycles. The lowest BCUT2D eigenvalue weighted by Crippen LogP contribution is -2.47. The van der Waals surface area contributed by atoms with E-state index < -0.39 is 6.04 Å². The summed E-state index contributed by atoms with van der Waals surface area (Å²) >= 11 is 0. The number of amides is 2. The molecule has 2 amide bonds. The second-order valence-corrected chi connectivity index (χ2v) is 8.35. The number of anilines is 1. The zero-order valence-corrected chi connectivity index (χ0v) is 18.5. The second-order valence-electron chi connectivity index (χ2n) is 8.35. The summed E-state index contributed by atoms with van der Waals surface area (Å²) in [5.74, 6) is -0.0347. The Morgan fingerprint density at radius 2 is 1.94 bits per heavy atom. The van der Waals surface area contributed by atoms with Gasteiger partial charge in [-0.25, -0.2) is 0 Å². The minimum Gasteiger partial charge on any atom is -0.489 e. The van der Waals surface area contributed by atoms with Crippen LogP contribution in [0.4, 0.5) is 5.69 Å². The minimum atomic E-state index is -0.678. The number of hydrogen-bond acceptors (Lipinski definition) is 4. The lowest BCUT2D eigenvalue weighted by molar-refractivity contribution is -0.118. The van der Waals surface area contributed by atoms with Crippen LogP contribution in [0, 0.1) is 12.8 Å². The van der Waals surface area contributed by atoms with Gasteiger partial charge in [-0.15, -0.1) is 0 Å². The molecule has 0 radical (unpaired) electrons. The number of rotatable bonds is 8. The normalized spacial score (nSPS) is 17.1. The fourth-order valence-corrected chi connectivity index (χ4v) is 3.57. The van der Waals surface area contributed by atoms with Gasteiger partial charge < -0.3 is 20.1 Å². The molecule has 0 spiro atoms. The van der Waals surface area contributed by atoms with E-state index in [1.54, 1.807) is 18.2 Å². The fourth-order valence-electron chi connectivity index (χ4n) is 3.57. The van der Waals surface area contributed by atoms with Crippen LogP contribution in [0.2, 0.25) is 0 Å². The van der Waals surface area contributed by atoms with Crippen molar-refractivity contribution in [1.29, 1.82) is 0 Å². The van der Waals surface area contributed by atoms with Gasteiger partial charge in [0.1, 0.15) is 18.4 Å². The van der Waals surface area contributed by atoms with Gasteiger partial charge in [-0.3, -0.25) is 9.59 Å². The molecule has 31 heavy (non-hydrogen) atoms. The van der Waals surface area contributed by atoms with Gasteiger partial charge in [0.2, 0.25) is 5.91 Å². The molecule has 2 aromatic carbocycles. The topological polar surface area (TPSA) is 76.7 Å². The van der Waals surface area contributed by atoms with Crippen molar-refractivity contribution in [2.75, 3.05) is 18.5 Å². The molecule has 0 saturated carbocycles. The molecule has 3 rings (SSSR count). The summed E-state index contributed by atoms with van der Waals surface area (Å²) in [6.45, 7) is 6.96. The van der Waals surface area contributed by atoms with Crippen LogP contribution in [0.3, 0.4) is 0 Å². The minimum absolute atomic E-state index is 0.0783. The summed E-state index contributed by atoms with van der Waals surface area (Å²) in [6, 6.07) is 14.0. The van der Waals surface area contributed by atoms with Crippen LogP contribution in [0.1, 0.15) is 49.0 Å². The Morgan fingerprint density at radius 3 is 2.65 bits per heavy atom. The molecule has 2 aromatic rings. The molecule has 2 atom stereocenters. The van der Waals surface area contributed by atoms with Crippen LogP contribution in [-0.2, 0) is 9.53 Å². The van der Waals surface area contributed by atoms with E-state index in [9.17, 15) is 9.59 Å². The third kappa shape index (κ3) is 6.56. The lowest BCUT2D eigenvalue weighted by atomic mass is 10.0. The molecule has 0 aromatic heterocycles. The van der Waals surface area contributed by atoms with Crippen LogP contribution in [0.25, 0.3) is 0 Å². The first-order chi connectivity index (χ1) is 14.9. The lowest BCUT2D eigenvalue weighted by Gasteiger charge is -2.24. The van der Waals surface area contributed by atoms with Crippen molar-refractivity contribution in [2.45, 2.75) is 52.2 Å². The highest BCUT2D eigenvalue weighted by Gasteiger charge is 2.26. The van der Waals surface area contributed by atoms with Gasteiger partial charge in [-0.1, -0.05) is 43.7 Å². The van der Waals surface area contributed by atoms with E-state index in [0.717, 1.165) is 31.4 Å². The summed E-state index contributed by atoms with van der Waals surface area (Å²) < 4.78 is 11.7. The molecule has 2 N–H and O–H groups in total. The van der Waals surface area contributed by atoms with Gasteiger partial charge in [-0.2, -0.15) is 0 Å². The average molecular weight is 425 g/mol. The van der Waals surface area contributed by atoms with Crippen molar-refractivity contribution in [3.63, 3.8) is 0 Å². The van der Waals surface area contributed by atoms with Crippen LogP contribution >= 0.6 is 0 Å². The van der Waals surface area contributed by atoms with Crippen LogP contribution in [0.5, 0.6) is 5.75 Å².